The van der Waals surface area contributed by atoms with Crippen molar-refractivity contribution in [2.24, 2.45) is 0 Å². The summed E-state index contributed by atoms with van der Waals surface area (Å²) >= 11 is 5.94. The number of hydrogen-bond donors (Lipinski definition) is 1. The molecule has 1 rings (SSSR count). The molecule has 0 saturated heterocycles. The van der Waals surface area contributed by atoms with Crippen LogP contribution in [0.5, 0.6) is 0 Å². The normalized spacial score (nSPS) is 11.9. The van der Waals surface area contributed by atoms with Gasteiger partial charge in [-0.1, -0.05) is 18.5 Å². The van der Waals surface area contributed by atoms with E-state index in [2.05, 4.69) is 0 Å². The van der Waals surface area contributed by atoms with Gasteiger partial charge in [0.05, 0.1) is 15.6 Å². The minimum atomic E-state index is -0.964. The summed E-state index contributed by atoms with van der Waals surface area (Å²) in [6, 6.07) is 3.24. The summed E-state index contributed by atoms with van der Waals surface area (Å²) in [5, 5.41) is 19.8. The highest BCUT2D eigenvalue weighted by atomic mass is 35.5. The van der Waals surface area contributed by atoms with E-state index >= 15 is 0 Å². The number of rotatable bonds is 5. The molecule has 7 heteroatoms. The Hall–Kier alpha value is -1.82. The highest BCUT2D eigenvalue weighted by molar-refractivity contribution is 6.33. The second-order valence-corrected chi connectivity index (χ2v) is 4.17. The number of carbonyl (C=O) groups is 1. The van der Waals surface area contributed by atoms with Gasteiger partial charge in [-0.3, -0.25) is 10.1 Å². The van der Waals surface area contributed by atoms with Crippen LogP contribution >= 0.6 is 11.6 Å². The lowest BCUT2D eigenvalue weighted by molar-refractivity contribution is -0.384. The number of carboxylic acids is 1. The van der Waals surface area contributed by atoms with Crippen LogP contribution in [0.2, 0.25) is 5.02 Å². The van der Waals surface area contributed by atoms with E-state index in [-0.39, 0.29) is 10.7 Å². The summed E-state index contributed by atoms with van der Waals surface area (Å²) in [6.45, 7) is 1.74. The Balaban J connectivity index is 3.10. The van der Waals surface area contributed by atoms with Gasteiger partial charge in [0, 0.05) is 19.2 Å². The molecule has 0 saturated carbocycles. The predicted octanol–water partition coefficient (Wildman–Crippen LogP) is 2.55. The zero-order chi connectivity index (χ0) is 13.9. The van der Waals surface area contributed by atoms with Crippen molar-refractivity contribution in [3.05, 3.63) is 33.3 Å². The lowest BCUT2D eigenvalue weighted by Gasteiger charge is -2.26. The Morgan fingerprint density at radius 2 is 2.22 bits per heavy atom. The van der Waals surface area contributed by atoms with Crippen LogP contribution < -0.4 is 4.90 Å². The van der Waals surface area contributed by atoms with Gasteiger partial charge < -0.3 is 10.0 Å². The molecule has 1 unspecified atom stereocenters. The zero-order valence-corrected chi connectivity index (χ0v) is 10.7. The average Bonchev–Trinajstić information content (AvgIpc) is 2.28. The number of halogens is 1. The maximum atomic E-state index is 11.0. The third kappa shape index (κ3) is 2.89. The van der Waals surface area contributed by atoms with Gasteiger partial charge >= 0.3 is 5.97 Å². The summed E-state index contributed by atoms with van der Waals surface area (Å²) in [5.41, 5.74) is 0.331. The van der Waals surface area contributed by atoms with Gasteiger partial charge in [-0.15, -0.1) is 0 Å². The van der Waals surface area contributed by atoms with Gasteiger partial charge in [-0.2, -0.15) is 0 Å². The fraction of sp³-hybridized carbons (Fsp3) is 0.364. The van der Waals surface area contributed by atoms with E-state index < -0.39 is 16.9 Å². The van der Waals surface area contributed by atoms with Crippen molar-refractivity contribution >= 4 is 28.9 Å². The summed E-state index contributed by atoms with van der Waals surface area (Å²) in [5.74, 6) is -0.964. The smallest absolute Gasteiger partial charge is 0.326 e. The van der Waals surface area contributed by atoms with Crippen molar-refractivity contribution in [3.63, 3.8) is 0 Å². The lowest BCUT2D eigenvalue weighted by atomic mass is 10.1. The second kappa shape index (κ2) is 5.68. The van der Waals surface area contributed by atoms with Gasteiger partial charge in [0.15, 0.2) is 0 Å². The monoisotopic (exact) mass is 272 g/mol. The molecule has 18 heavy (non-hydrogen) atoms. The van der Waals surface area contributed by atoms with E-state index in [0.29, 0.717) is 12.1 Å². The molecule has 0 fully saturated rings. The maximum absolute atomic E-state index is 11.0. The van der Waals surface area contributed by atoms with Crippen LogP contribution in [0.15, 0.2) is 18.2 Å². The summed E-state index contributed by atoms with van der Waals surface area (Å²) in [4.78, 5) is 22.6. The van der Waals surface area contributed by atoms with Crippen molar-refractivity contribution in [1.82, 2.24) is 0 Å². The third-order valence-electron chi connectivity index (χ3n) is 2.66. The van der Waals surface area contributed by atoms with E-state index in [1.807, 2.05) is 0 Å². The summed E-state index contributed by atoms with van der Waals surface area (Å²) < 4.78 is 0. The average molecular weight is 273 g/mol. The Morgan fingerprint density at radius 1 is 1.61 bits per heavy atom. The molecule has 1 aromatic carbocycles. The number of carboxylic acid groups (broad SMARTS) is 1. The molecule has 0 bridgehead atoms. The van der Waals surface area contributed by atoms with Crippen LogP contribution in [-0.2, 0) is 4.79 Å². The van der Waals surface area contributed by atoms with Gasteiger partial charge in [0.1, 0.15) is 6.04 Å². The van der Waals surface area contributed by atoms with Crippen LogP contribution in [0.1, 0.15) is 13.3 Å². The quantitative estimate of drug-likeness (QED) is 0.658. The number of likely N-dealkylation sites (N-methyl/N-ethyl adjacent to an activating group) is 1. The predicted molar refractivity (Wildman–Crippen MR) is 68.2 cm³/mol. The number of non-ortho nitro benzene ring substituents is 1. The zero-order valence-electron chi connectivity index (χ0n) is 9.96. The largest absolute Gasteiger partial charge is 0.480 e. The molecule has 0 spiro atoms. The van der Waals surface area contributed by atoms with Crippen LogP contribution in [0.3, 0.4) is 0 Å². The van der Waals surface area contributed by atoms with Crippen molar-refractivity contribution in [1.29, 1.82) is 0 Å². The number of nitro groups is 1. The molecule has 0 heterocycles. The van der Waals surface area contributed by atoms with Crippen LogP contribution in [0.4, 0.5) is 11.4 Å². The molecule has 6 nitrogen and oxygen atoms in total. The first-order valence-electron chi connectivity index (χ1n) is 5.28. The molecule has 0 aliphatic heterocycles. The summed E-state index contributed by atoms with van der Waals surface area (Å²) in [7, 11) is 1.59. The molecule has 0 radical (unpaired) electrons. The first kappa shape index (κ1) is 14.2. The summed E-state index contributed by atoms with van der Waals surface area (Å²) in [6.07, 6.45) is 0.402. The molecule has 0 aliphatic carbocycles. The minimum absolute atomic E-state index is 0.125. The van der Waals surface area contributed by atoms with Crippen LogP contribution in [0, 0.1) is 10.1 Å². The molecular weight excluding hydrogens is 260 g/mol. The van der Waals surface area contributed by atoms with Crippen LogP contribution in [-0.4, -0.2) is 29.1 Å². The van der Waals surface area contributed by atoms with E-state index in [1.165, 1.54) is 23.1 Å². The van der Waals surface area contributed by atoms with Gasteiger partial charge in [0.25, 0.3) is 5.69 Å². The van der Waals surface area contributed by atoms with E-state index in [0.717, 1.165) is 0 Å². The van der Waals surface area contributed by atoms with E-state index in [4.69, 9.17) is 16.7 Å². The standard InChI is InChI=1S/C11H13ClN2O4/c1-3-9(11(15)16)13(2)10-5-4-7(14(17)18)6-8(10)12/h4-6,9H,3H2,1-2H3,(H,15,16). The van der Waals surface area contributed by atoms with E-state index in [9.17, 15) is 14.9 Å². The third-order valence-corrected chi connectivity index (χ3v) is 2.96. The highest BCUT2D eigenvalue weighted by Crippen LogP contribution is 2.30. The van der Waals surface area contributed by atoms with Crippen LogP contribution in [0.25, 0.3) is 0 Å². The van der Waals surface area contributed by atoms with Crippen molar-refractivity contribution in [3.8, 4) is 0 Å². The molecule has 0 aromatic heterocycles. The molecular formula is C11H13ClN2O4. The van der Waals surface area contributed by atoms with E-state index in [1.54, 1.807) is 14.0 Å². The first-order chi connectivity index (χ1) is 8.38. The highest BCUT2D eigenvalue weighted by Gasteiger charge is 2.23. The molecule has 1 atom stereocenters. The number of nitro benzene ring substituents is 1. The van der Waals surface area contributed by atoms with Gasteiger partial charge in [0.2, 0.25) is 0 Å². The van der Waals surface area contributed by atoms with Gasteiger partial charge in [-0.05, 0) is 12.5 Å². The fourth-order valence-corrected chi connectivity index (χ4v) is 1.99. The molecule has 0 amide bonds. The fourth-order valence-electron chi connectivity index (χ4n) is 1.68. The number of anilines is 1. The Bertz CT molecular complexity index is 478. The molecule has 1 aromatic rings. The lowest BCUT2D eigenvalue weighted by Crippen LogP contribution is -2.38. The topological polar surface area (TPSA) is 83.7 Å². The van der Waals surface area contributed by atoms with Crippen molar-refractivity contribution in [2.75, 3.05) is 11.9 Å². The maximum Gasteiger partial charge on any atom is 0.326 e. The number of benzene rings is 1. The SMILES string of the molecule is CCC(C(=O)O)N(C)c1ccc([N+](=O)[O-])cc1Cl. The Morgan fingerprint density at radius 3 is 2.61 bits per heavy atom. The second-order valence-electron chi connectivity index (χ2n) is 3.77. The number of aliphatic carboxylic acids is 1. The minimum Gasteiger partial charge on any atom is -0.480 e. The number of hydrogen-bond acceptors (Lipinski definition) is 4. The van der Waals surface area contributed by atoms with Crippen molar-refractivity contribution in [2.45, 2.75) is 19.4 Å². The Kier molecular flexibility index (Phi) is 4.49. The Labute approximate surface area is 109 Å². The first-order valence-corrected chi connectivity index (χ1v) is 5.65. The molecule has 1 N–H and O–H groups in total. The molecule has 0 aliphatic rings. The van der Waals surface area contributed by atoms with Crippen molar-refractivity contribution < 1.29 is 14.8 Å². The van der Waals surface area contributed by atoms with Gasteiger partial charge in [-0.25, -0.2) is 4.79 Å². The molecule has 98 valence electrons. The number of nitrogens with zero attached hydrogens (tertiary/aromatic N) is 2.